The van der Waals surface area contributed by atoms with E-state index in [0.717, 1.165) is 18.4 Å². The molecule has 1 aliphatic rings. The Hall–Kier alpha value is -4.20. The van der Waals surface area contributed by atoms with E-state index in [1.807, 2.05) is 6.92 Å². The van der Waals surface area contributed by atoms with E-state index in [9.17, 15) is 24.0 Å². The van der Waals surface area contributed by atoms with Crippen LogP contribution in [0.5, 0.6) is 0 Å². The number of fused-ring (bicyclic) bond motifs is 2. The second-order valence-electron chi connectivity index (χ2n) is 11.0. The van der Waals surface area contributed by atoms with E-state index in [4.69, 9.17) is 17.2 Å². The van der Waals surface area contributed by atoms with E-state index < -0.39 is 35.8 Å². The molecule has 14 nitrogen and oxygen atoms in total. The van der Waals surface area contributed by atoms with Crippen molar-refractivity contribution in [3.05, 3.63) is 35.4 Å². The summed E-state index contributed by atoms with van der Waals surface area (Å²) >= 11 is 0. The molecule has 0 spiro atoms. The Kier molecular flexibility index (Phi) is 16.3. The number of carbonyl (C=O) groups is 5. The first-order chi connectivity index (χ1) is 21.1. The number of aliphatic imine (C=N–C) groups is 1. The lowest BCUT2D eigenvalue weighted by Crippen LogP contribution is -2.54. The van der Waals surface area contributed by atoms with Gasteiger partial charge in [-0.25, -0.2) is 4.99 Å². The molecular weight excluding hydrogens is 566 g/mol. The molecule has 0 saturated carbocycles. The van der Waals surface area contributed by atoms with Crippen molar-refractivity contribution < 1.29 is 24.0 Å². The minimum Gasteiger partial charge on any atom is -0.370 e. The predicted octanol–water partition coefficient (Wildman–Crippen LogP) is -0.808. The van der Waals surface area contributed by atoms with Gasteiger partial charge in [0.2, 0.25) is 29.5 Å². The molecule has 244 valence electrons. The second-order valence-corrected chi connectivity index (χ2v) is 11.0. The molecule has 44 heavy (non-hydrogen) atoms. The smallest absolute Gasteiger partial charge is 0.245 e. The van der Waals surface area contributed by atoms with Crippen LogP contribution < -0.4 is 43.8 Å². The lowest BCUT2D eigenvalue weighted by molar-refractivity contribution is -0.132. The number of hydrogen-bond acceptors (Lipinski definition) is 7. The molecule has 5 amide bonds. The number of benzene rings is 1. The number of hydrogen-bond donors (Lipinski definition) is 8. The van der Waals surface area contributed by atoms with Gasteiger partial charge in [0, 0.05) is 13.1 Å². The first-order valence-electron chi connectivity index (χ1n) is 15.4. The van der Waals surface area contributed by atoms with Crippen LogP contribution in [0.4, 0.5) is 0 Å². The Morgan fingerprint density at radius 2 is 1.55 bits per heavy atom. The van der Waals surface area contributed by atoms with Gasteiger partial charge < -0.3 is 43.8 Å². The molecule has 14 heteroatoms. The maximum Gasteiger partial charge on any atom is 0.245 e. The van der Waals surface area contributed by atoms with Crippen molar-refractivity contribution in [2.24, 2.45) is 22.2 Å². The molecule has 0 radical (unpaired) electrons. The minimum absolute atomic E-state index is 0.0183. The van der Waals surface area contributed by atoms with Crippen molar-refractivity contribution in [2.45, 2.75) is 95.8 Å². The first-order valence-corrected chi connectivity index (χ1v) is 15.4. The standard InChI is InChI=1S/C30H49N9O5/c1-2-3-11-22-27(42)34-15-7-5-13-23(39-30(32)33)28(43)36-19-26(41)35-18-21-10-8-9-20(16-21)17-25(40)37-24(29(44)38-22)12-4-6-14-31/h8-10,16,22-24H,2-7,11-15,17-19,31H2,1H3,(H,34,42)(H,35,41)(H,36,43)(H,37,40)(H,38,44)(H4,32,33,39)/t22-,23+,24-/m0/s1. The fourth-order valence-electron chi connectivity index (χ4n) is 4.77. The third kappa shape index (κ3) is 13.8. The van der Waals surface area contributed by atoms with Crippen LogP contribution in [0.1, 0.15) is 75.8 Å². The van der Waals surface area contributed by atoms with Gasteiger partial charge in [-0.15, -0.1) is 0 Å². The van der Waals surface area contributed by atoms with Gasteiger partial charge in [0.15, 0.2) is 5.96 Å². The van der Waals surface area contributed by atoms with Crippen LogP contribution >= 0.6 is 0 Å². The van der Waals surface area contributed by atoms with Gasteiger partial charge in [-0.1, -0.05) is 44.0 Å². The molecule has 1 heterocycles. The zero-order valence-corrected chi connectivity index (χ0v) is 25.7. The van der Waals surface area contributed by atoms with Gasteiger partial charge in [0.1, 0.15) is 18.1 Å². The molecule has 1 aromatic carbocycles. The highest BCUT2D eigenvalue weighted by Gasteiger charge is 2.26. The molecule has 0 saturated heterocycles. The van der Waals surface area contributed by atoms with Crippen LogP contribution in [-0.4, -0.2) is 73.3 Å². The fraction of sp³-hybridized carbons (Fsp3) is 0.600. The summed E-state index contributed by atoms with van der Waals surface area (Å²) in [5, 5.41) is 13.9. The normalized spacial score (nSPS) is 21.6. The van der Waals surface area contributed by atoms with E-state index in [-0.39, 0.29) is 37.3 Å². The number of carbonyl (C=O) groups excluding carboxylic acids is 5. The van der Waals surface area contributed by atoms with Gasteiger partial charge in [0.25, 0.3) is 0 Å². The summed E-state index contributed by atoms with van der Waals surface area (Å²) in [6.45, 7) is 2.69. The van der Waals surface area contributed by atoms with Crippen LogP contribution in [0.25, 0.3) is 0 Å². The lowest BCUT2D eigenvalue weighted by Gasteiger charge is -2.23. The number of amides is 5. The summed E-state index contributed by atoms with van der Waals surface area (Å²) in [4.78, 5) is 68.6. The average Bonchev–Trinajstić information content (AvgIpc) is 2.99. The molecule has 1 aliphatic heterocycles. The SMILES string of the molecule is CCCC[C@@H]1NC(=O)[C@H](CCCCN)NC(=O)Cc2cccc(c2)CNC(=O)CNC(=O)[C@H](N=C(N)N)CCCCNC1=O. The van der Waals surface area contributed by atoms with Crippen LogP contribution in [0.15, 0.2) is 29.3 Å². The minimum atomic E-state index is -0.889. The van der Waals surface area contributed by atoms with Crippen LogP contribution in [-0.2, 0) is 36.9 Å². The van der Waals surface area contributed by atoms with Gasteiger partial charge in [0.05, 0.1) is 13.0 Å². The Balaban J connectivity index is 2.26. The van der Waals surface area contributed by atoms with Crippen LogP contribution in [0.2, 0.25) is 0 Å². The number of nitrogens with two attached hydrogens (primary N) is 3. The summed E-state index contributed by atoms with van der Waals surface area (Å²) < 4.78 is 0. The largest absolute Gasteiger partial charge is 0.370 e. The van der Waals surface area contributed by atoms with Crippen LogP contribution in [0.3, 0.4) is 0 Å². The molecule has 3 atom stereocenters. The zero-order valence-electron chi connectivity index (χ0n) is 25.7. The lowest BCUT2D eigenvalue weighted by atomic mass is 10.0. The van der Waals surface area contributed by atoms with Crippen molar-refractivity contribution >= 4 is 35.5 Å². The topological polar surface area (TPSA) is 236 Å². The highest BCUT2D eigenvalue weighted by atomic mass is 16.2. The summed E-state index contributed by atoms with van der Waals surface area (Å²) in [6.07, 6.45) is 5.08. The third-order valence-electron chi connectivity index (χ3n) is 7.16. The molecule has 0 unspecified atom stereocenters. The van der Waals surface area contributed by atoms with Crippen molar-refractivity contribution in [3.8, 4) is 0 Å². The number of rotatable bonds is 8. The number of guanidine groups is 1. The predicted molar refractivity (Wildman–Crippen MR) is 168 cm³/mol. The Morgan fingerprint density at radius 1 is 0.818 bits per heavy atom. The number of nitrogens with zero attached hydrogens (tertiary/aromatic N) is 1. The van der Waals surface area contributed by atoms with Crippen molar-refractivity contribution in [3.63, 3.8) is 0 Å². The van der Waals surface area contributed by atoms with Gasteiger partial charge in [-0.2, -0.15) is 0 Å². The second kappa shape index (κ2) is 19.9. The number of unbranched alkanes of at least 4 members (excludes halogenated alkanes) is 2. The van der Waals surface area contributed by atoms with E-state index in [2.05, 4.69) is 31.6 Å². The van der Waals surface area contributed by atoms with E-state index in [1.54, 1.807) is 24.3 Å². The molecule has 11 N–H and O–H groups in total. The summed E-state index contributed by atoms with van der Waals surface area (Å²) in [6, 6.07) is 4.67. The molecule has 0 aromatic heterocycles. The first kappa shape index (κ1) is 36.0. The van der Waals surface area contributed by atoms with Gasteiger partial charge >= 0.3 is 0 Å². The van der Waals surface area contributed by atoms with E-state index in [1.165, 1.54) is 0 Å². The van der Waals surface area contributed by atoms with Crippen molar-refractivity contribution in [1.29, 1.82) is 0 Å². The summed E-state index contributed by atoms with van der Waals surface area (Å²) in [5.41, 5.74) is 18.1. The molecule has 2 bridgehead atoms. The van der Waals surface area contributed by atoms with E-state index in [0.29, 0.717) is 63.6 Å². The summed E-state index contributed by atoms with van der Waals surface area (Å²) in [7, 11) is 0. The average molecular weight is 616 g/mol. The zero-order chi connectivity index (χ0) is 32.3. The Bertz CT molecular complexity index is 1140. The molecule has 2 rings (SSSR count). The molecule has 0 fully saturated rings. The molecule has 0 aliphatic carbocycles. The molecule has 1 aromatic rings. The van der Waals surface area contributed by atoms with E-state index >= 15 is 0 Å². The van der Waals surface area contributed by atoms with Crippen molar-refractivity contribution in [2.75, 3.05) is 19.6 Å². The highest BCUT2D eigenvalue weighted by molar-refractivity contribution is 5.92. The monoisotopic (exact) mass is 615 g/mol. The third-order valence-corrected chi connectivity index (χ3v) is 7.16. The van der Waals surface area contributed by atoms with Gasteiger partial charge in [-0.3, -0.25) is 24.0 Å². The maximum atomic E-state index is 13.4. The fourth-order valence-corrected chi connectivity index (χ4v) is 4.77. The quantitative estimate of drug-likeness (QED) is 0.104. The molecular formula is C30H49N9O5. The number of nitrogens with one attached hydrogen (secondary N) is 5. The van der Waals surface area contributed by atoms with Crippen molar-refractivity contribution in [1.82, 2.24) is 26.6 Å². The van der Waals surface area contributed by atoms with Crippen LogP contribution in [0, 0.1) is 0 Å². The summed E-state index contributed by atoms with van der Waals surface area (Å²) in [5.74, 6) is -2.23. The van der Waals surface area contributed by atoms with Gasteiger partial charge in [-0.05, 0) is 62.6 Å². The highest BCUT2D eigenvalue weighted by Crippen LogP contribution is 2.10. The maximum absolute atomic E-state index is 13.4. The Morgan fingerprint density at radius 3 is 2.27 bits per heavy atom. The Labute approximate surface area is 259 Å².